The Morgan fingerprint density at radius 1 is 1.08 bits per heavy atom. The van der Waals surface area contributed by atoms with E-state index in [9.17, 15) is 4.79 Å². The predicted molar refractivity (Wildman–Crippen MR) is 98.7 cm³/mol. The lowest BCUT2D eigenvalue weighted by Gasteiger charge is -2.08. The van der Waals surface area contributed by atoms with Gasteiger partial charge in [0.25, 0.3) is 0 Å². The number of rotatable bonds is 4. The second-order valence-corrected chi connectivity index (χ2v) is 6.19. The fourth-order valence-corrected chi connectivity index (χ4v) is 2.54. The van der Waals surface area contributed by atoms with Gasteiger partial charge in [-0.2, -0.15) is 0 Å². The third-order valence-electron chi connectivity index (χ3n) is 3.21. The third kappa shape index (κ3) is 4.36. The van der Waals surface area contributed by atoms with Crippen LogP contribution in [0.5, 0.6) is 0 Å². The summed E-state index contributed by atoms with van der Waals surface area (Å²) in [6, 6.07) is 10.1. The van der Waals surface area contributed by atoms with Crippen molar-refractivity contribution in [3.05, 3.63) is 63.1 Å². The Kier molecular flexibility index (Phi) is 5.33. The van der Waals surface area contributed by atoms with Gasteiger partial charge in [-0.25, -0.2) is 5.10 Å². The summed E-state index contributed by atoms with van der Waals surface area (Å²) in [7, 11) is 0. The van der Waals surface area contributed by atoms with Crippen molar-refractivity contribution in [3.8, 4) is 11.4 Å². The number of nitrogens with one attached hydrogen (secondary N) is 2. The normalized spacial score (nSPS) is 11.0. The van der Waals surface area contributed by atoms with Crippen LogP contribution in [0.1, 0.15) is 5.56 Å². The van der Waals surface area contributed by atoms with E-state index < -0.39 is 0 Å². The lowest BCUT2D eigenvalue weighted by Crippen LogP contribution is -2.09. The van der Waals surface area contributed by atoms with E-state index in [0.717, 1.165) is 5.56 Å². The fourth-order valence-electron chi connectivity index (χ4n) is 2.06. The van der Waals surface area contributed by atoms with Crippen molar-refractivity contribution in [3.63, 3.8) is 0 Å². The van der Waals surface area contributed by atoms with Crippen LogP contribution >= 0.6 is 34.8 Å². The van der Waals surface area contributed by atoms with E-state index in [1.54, 1.807) is 42.5 Å². The summed E-state index contributed by atoms with van der Waals surface area (Å²) in [5, 5.41) is 17.6. The standard InChI is InChI=1S/C16H10Cl3N5O/c17-10-3-4-11(16-21-23-24-22-16)14(8-10)20-15(25)6-2-9-1-5-12(18)13(19)7-9/h1-8H,(H,20,25)(H,21,22,23,24). The van der Waals surface area contributed by atoms with Crippen LogP contribution in [0.15, 0.2) is 42.5 Å². The van der Waals surface area contributed by atoms with Gasteiger partial charge in [0.2, 0.25) is 5.91 Å². The smallest absolute Gasteiger partial charge is 0.248 e. The zero-order valence-electron chi connectivity index (χ0n) is 12.5. The van der Waals surface area contributed by atoms with Gasteiger partial charge in [-0.05, 0) is 52.4 Å². The molecule has 25 heavy (non-hydrogen) atoms. The van der Waals surface area contributed by atoms with E-state index in [0.29, 0.717) is 32.1 Å². The lowest BCUT2D eigenvalue weighted by atomic mass is 10.1. The Bertz CT molecular complexity index is 941. The number of halogens is 3. The molecule has 6 nitrogen and oxygen atoms in total. The van der Waals surface area contributed by atoms with Crippen LogP contribution in [-0.2, 0) is 4.79 Å². The molecular weight excluding hydrogens is 385 g/mol. The van der Waals surface area contributed by atoms with Crippen molar-refractivity contribution in [2.24, 2.45) is 0 Å². The predicted octanol–water partition coefficient (Wildman–Crippen LogP) is 4.48. The van der Waals surface area contributed by atoms with Crippen molar-refractivity contribution in [1.82, 2.24) is 20.6 Å². The first-order chi connectivity index (χ1) is 12.0. The molecule has 0 bridgehead atoms. The van der Waals surface area contributed by atoms with Crippen LogP contribution in [0, 0.1) is 0 Å². The van der Waals surface area contributed by atoms with Gasteiger partial charge < -0.3 is 5.32 Å². The third-order valence-corrected chi connectivity index (χ3v) is 4.18. The number of nitrogens with zero attached hydrogens (tertiary/aromatic N) is 3. The molecule has 3 rings (SSSR count). The highest BCUT2D eigenvalue weighted by Gasteiger charge is 2.11. The van der Waals surface area contributed by atoms with Gasteiger partial charge in [0.15, 0.2) is 5.82 Å². The van der Waals surface area contributed by atoms with Crippen LogP contribution in [0.25, 0.3) is 17.5 Å². The van der Waals surface area contributed by atoms with Gasteiger partial charge in [-0.1, -0.05) is 40.9 Å². The van der Waals surface area contributed by atoms with Crippen LogP contribution in [0.4, 0.5) is 5.69 Å². The minimum atomic E-state index is -0.345. The summed E-state index contributed by atoms with van der Waals surface area (Å²) in [5.41, 5.74) is 1.84. The molecule has 126 valence electrons. The molecule has 0 atom stereocenters. The van der Waals surface area contributed by atoms with Crippen LogP contribution in [-0.4, -0.2) is 26.5 Å². The molecule has 2 aromatic carbocycles. The summed E-state index contributed by atoms with van der Waals surface area (Å²) in [6.45, 7) is 0. The molecule has 0 spiro atoms. The number of carbonyl (C=O) groups excluding carboxylic acids is 1. The molecule has 0 radical (unpaired) electrons. The molecule has 0 fully saturated rings. The Labute approximate surface area is 157 Å². The SMILES string of the molecule is O=C(C=Cc1ccc(Cl)c(Cl)c1)Nc1cc(Cl)ccc1-c1nnn[nH]1. The molecular formula is C16H10Cl3N5O. The molecule has 0 saturated heterocycles. The van der Waals surface area contributed by atoms with Gasteiger partial charge in [-0.15, -0.1) is 5.10 Å². The maximum Gasteiger partial charge on any atom is 0.248 e. The number of aromatic nitrogens is 4. The van der Waals surface area contributed by atoms with Crippen LogP contribution in [0.3, 0.4) is 0 Å². The van der Waals surface area contributed by atoms with Gasteiger partial charge in [0.1, 0.15) is 0 Å². The Balaban J connectivity index is 1.80. The van der Waals surface area contributed by atoms with Gasteiger partial charge >= 0.3 is 0 Å². The molecule has 3 aromatic rings. The van der Waals surface area contributed by atoms with Crippen molar-refractivity contribution in [1.29, 1.82) is 0 Å². The van der Waals surface area contributed by atoms with Crippen molar-refractivity contribution < 1.29 is 4.79 Å². The highest BCUT2D eigenvalue weighted by molar-refractivity contribution is 6.42. The van der Waals surface area contributed by atoms with E-state index in [1.165, 1.54) is 6.08 Å². The average molecular weight is 395 g/mol. The van der Waals surface area contributed by atoms with Gasteiger partial charge in [0.05, 0.1) is 15.7 Å². The van der Waals surface area contributed by atoms with Crippen LogP contribution in [0.2, 0.25) is 15.1 Å². The molecule has 0 aliphatic carbocycles. The number of hydrogen-bond donors (Lipinski definition) is 2. The van der Waals surface area contributed by atoms with E-state index >= 15 is 0 Å². The van der Waals surface area contributed by atoms with Crippen molar-refractivity contribution >= 4 is 52.5 Å². The molecule has 1 heterocycles. The molecule has 0 unspecified atom stereocenters. The summed E-state index contributed by atoms with van der Waals surface area (Å²) in [4.78, 5) is 12.2. The number of aromatic amines is 1. The first-order valence-electron chi connectivity index (χ1n) is 7.01. The molecule has 1 aromatic heterocycles. The van der Waals surface area contributed by atoms with Crippen molar-refractivity contribution in [2.75, 3.05) is 5.32 Å². The first kappa shape index (κ1) is 17.4. The summed E-state index contributed by atoms with van der Waals surface area (Å²) in [5.74, 6) is 0.0718. The quantitative estimate of drug-likeness (QED) is 0.639. The topological polar surface area (TPSA) is 83.6 Å². The van der Waals surface area contributed by atoms with E-state index in [2.05, 4.69) is 25.9 Å². The van der Waals surface area contributed by atoms with E-state index in [4.69, 9.17) is 34.8 Å². The molecule has 0 aliphatic rings. The number of anilines is 1. The fraction of sp³-hybridized carbons (Fsp3) is 0. The number of tetrazole rings is 1. The van der Waals surface area contributed by atoms with E-state index in [-0.39, 0.29) is 5.91 Å². The maximum atomic E-state index is 12.2. The number of carbonyl (C=O) groups is 1. The molecule has 1 amide bonds. The Hall–Kier alpha value is -2.41. The number of hydrogen-bond acceptors (Lipinski definition) is 4. The second kappa shape index (κ2) is 7.65. The molecule has 2 N–H and O–H groups in total. The van der Waals surface area contributed by atoms with Gasteiger partial charge in [-0.3, -0.25) is 4.79 Å². The highest BCUT2D eigenvalue weighted by atomic mass is 35.5. The molecule has 0 saturated carbocycles. The molecule has 0 aliphatic heterocycles. The minimum absolute atomic E-state index is 0.345. The second-order valence-electron chi connectivity index (χ2n) is 4.94. The lowest BCUT2D eigenvalue weighted by molar-refractivity contribution is -0.111. The van der Waals surface area contributed by atoms with Gasteiger partial charge in [0, 0.05) is 16.7 Å². The highest BCUT2D eigenvalue weighted by Crippen LogP contribution is 2.28. The zero-order valence-corrected chi connectivity index (χ0v) is 14.8. The zero-order chi connectivity index (χ0) is 17.8. The first-order valence-corrected chi connectivity index (χ1v) is 8.14. The monoisotopic (exact) mass is 393 g/mol. The molecule has 9 heteroatoms. The summed E-state index contributed by atoms with van der Waals surface area (Å²) in [6.07, 6.45) is 3.00. The number of H-pyrrole nitrogens is 1. The average Bonchev–Trinajstić information content (AvgIpc) is 3.10. The largest absolute Gasteiger partial charge is 0.322 e. The van der Waals surface area contributed by atoms with Crippen LogP contribution < -0.4 is 5.32 Å². The minimum Gasteiger partial charge on any atom is -0.322 e. The Morgan fingerprint density at radius 3 is 2.64 bits per heavy atom. The summed E-state index contributed by atoms with van der Waals surface area (Å²) >= 11 is 17.8. The maximum absolute atomic E-state index is 12.2. The summed E-state index contributed by atoms with van der Waals surface area (Å²) < 4.78 is 0. The van der Waals surface area contributed by atoms with Crippen molar-refractivity contribution in [2.45, 2.75) is 0 Å². The Morgan fingerprint density at radius 2 is 1.92 bits per heavy atom. The number of amides is 1. The van der Waals surface area contributed by atoms with E-state index in [1.807, 2.05) is 0 Å². The number of benzene rings is 2.